The van der Waals surface area contributed by atoms with E-state index < -0.39 is 0 Å². The SMILES string of the molecule is CC(N[C@@H](C)CO)c1ccc2c(c1)CCO2. The molecule has 0 saturated heterocycles. The summed E-state index contributed by atoms with van der Waals surface area (Å²) in [6.07, 6.45) is 1.01. The Hall–Kier alpha value is -1.06. The van der Waals surface area contributed by atoms with Crippen LogP contribution in [0.25, 0.3) is 0 Å². The molecule has 0 spiro atoms. The molecular formula is C13H19NO2. The third-order valence-electron chi connectivity index (χ3n) is 3.02. The molecule has 0 radical (unpaired) electrons. The van der Waals surface area contributed by atoms with Crippen LogP contribution in [0.2, 0.25) is 0 Å². The molecule has 0 aromatic heterocycles. The first-order valence-electron chi connectivity index (χ1n) is 5.83. The number of benzene rings is 1. The summed E-state index contributed by atoms with van der Waals surface area (Å²) in [7, 11) is 0. The average molecular weight is 221 g/mol. The first-order chi connectivity index (χ1) is 7.70. The minimum Gasteiger partial charge on any atom is -0.493 e. The fourth-order valence-electron chi connectivity index (χ4n) is 2.05. The van der Waals surface area contributed by atoms with Crippen molar-refractivity contribution in [3.63, 3.8) is 0 Å². The molecule has 2 N–H and O–H groups in total. The number of aliphatic hydroxyl groups is 1. The standard InChI is InChI=1S/C13H19NO2/c1-9(8-15)14-10(2)11-3-4-13-12(7-11)5-6-16-13/h3-4,7,9-10,14-15H,5-6,8H2,1-2H3/t9-,10?/m0/s1. The average Bonchev–Trinajstić information content (AvgIpc) is 2.75. The third-order valence-corrected chi connectivity index (χ3v) is 3.02. The highest BCUT2D eigenvalue weighted by molar-refractivity contribution is 5.40. The van der Waals surface area contributed by atoms with Gasteiger partial charge < -0.3 is 15.2 Å². The van der Waals surface area contributed by atoms with Crippen molar-refractivity contribution < 1.29 is 9.84 Å². The zero-order valence-corrected chi connectivity index (χ0v) is 9.86. The van der Waals surface area contributed by atoms with Gasteiger partial charge in [0.05, 0.1) is 13.2 Å². The summed E-state index contributed by atoms with van der Waals surface area (Å²) < 4.78 is 5.48. The topological polar surface area (TPSA) is 41.5 Å². The quantitative estimate of drug-likeness (QED) is 0.812. The second-order valence-electron chi connectivity index (χ2n) is 4.44. The first-order valence-corrected chi connectivity index (χ1v) is 5.83. The highest BCUT2D eigenvalue weighted by Crippen LogP contribution is 2.28. The summed E-state index contributed by atoms with van der Waals surface area (Å²) in [6.45, 7) is 5.06. The predicted octanol–water partition coefficient (Wildman–Crippen LogP) is 1.65. The number of nitrogens with one attached hydrogen (secondary N) is 1. The van der Waals surface area contributed by atoms with Crippen LogP contribution < -0.4 is 10.1 Å². The van der Waals surface area contributed by atoms with Gasteiger partial charge in [0.1, 0.15) is 5.75 Å². The van der Waals surface area contributed by atoms with Gasteiger partial charge in [-0.2, -0.15) is 0 Å². The van der Waals surface area contributed by atoms with Crippen molar-refractivity contribution in [2.75, 3.05) is 13.2 Å². The first kappa shape index (κ1) is 11.4. The maximum atomic E-state index is 9.00. The Balaban J connectivity index is 2.09. The molecule has 2 atom stereocenters. The van der Waals surface area contributed by atoms with Crippen molar-refractivity contribution in [3.8, 4) is 5.75 Å². The van der Waals surface area contributed by atoms with Gasteiger partial charge in [-0.3, -0.25) is 0 Å². The van der Waals surface area contributed by atoms with Gasteiger partial charge in [0.15, 0.2) is 0 Å². The smallest absolute Gasteiger partial charge is 0.122 e. The van der Waals surface area contributed by atoms with Crippen LogP contribution in [0.3, 0.4) is 0 Å². The fraction of sp³-hybridized carbons (Fsp3) is 0.538. The van der Waals surface area contributed by atoms with E-state index in [9.17, 15) is 0 Å². The van der Waals surface area contributed by atoms with Gasteiger partial charge in [-0.25, -0.2) is 0 Å². The van der Waals surface area contributed by atoms with Crippen LogP contribution in [0, 0.1) is 0 Å². The maximum Gasteiger partial charge on any atom is 0.122 e. The van der Waals surface area contributed by atoms with Crippen molar-refractivity contribution in [2.45, 2.75) is 32.4 Å². The largest absolute Gasteiger partial charge is 0.493 e. The fourth-order valence-corrected chi connectivity index (χ4v) is 2.05. The predicted molar refractivity (Wildman–Crippen MR) is 63.7 cm³/mol. The van der Waals surface area contributed by atoms with Crippen LogP contribution in [0.1, 0.15) is 31.0 Å². The van der Waals surface area contributed by atoms with Gasteiger partial charge in [0.2, 0.25) is 0 Å². The molecule has 0 aliphatic carbocycles. The number of ether oxygens (including phenoxy) is 1. The van der Waals surface area contributed by atoms with Gasteiger partial charge in [-0.05, 0) is 31.0 Å². The number of rotatable bonds is 4. The zero-order chi connectivity index (χ0) is 11.5. The van der Waals surface area contributed by atoms with Crippen LogP contribution in [0.4, 0.5) is 0 Å². The molecule has 1 heterocycles. The lowest BCUT2D eigenvalue weighted by Crippen LogP contribution is -2.31. The van der Waals surface area contributed by atoms with E-state index in [1.165, 1.54) is 11.1 Å². The molecule has 0 saturated carbocycles. The second-order valence-corrected chi connectivity index (χ2v) is 4.44. The molecule has 0 fully saturated rings. The Kier molecular flexibility index (Phi) is 3.46. The van der Waals surface area contributed by atoms with E-state index in [2.05, 4.69) is 24.4 Å². The molecule has 3 heteroatoms. The summed E-state index contributed by atoms with van der Waals surface area (Å²) in [5.74, 6) is 1.02. The minimum atomic E-state index is 0.125. The van der Waals surface area contributed by atoms with E-state index in [1.54, 1.807) is 0 Å². The summed E-state index contributed by atoms with van der Waals surface area (Å²) >= 11 is 0. The normalized spacial score (nSPS) is 17.7. The Morgan fingerprint density at radius 2 is 2.25 bits per heavy atom. The molecule has 1 aliphatic rings. The zero-order valence-electron chi connectivity index (χ0n) is 9.86. The molecule has 1 aromatic rings. The van der Waals surface area contributed by atoms with Crippen LogP contribution >= 0.6 is 0 Å². The molecule has 1 aliphatic heterocycles. The van der Waals surface area contributed by atoms with E-state index in [1.807, 2.05) is 13.0 Å². The molecule has 1 aromatic carbocycles. The third kappa shape index (κ3) is 2.36. The van der Waals surface area contributed by atoms with E-state index >= 15 is 0 Å². The van der Waals surface area contributed by atoms with Gasteiger partial charge in [0.25, 0.3) is 0 Å². The van der Waals surface area contributed by atoms with E-state index in [0.717, 1.165) is 18.8 Å². The summed E-state index contributed by atoms with van der Waals surface area (Å²) in [5, 5.41) is 12.3. The lowest BCUT2D eigenvalue weighted by atomic mass is 10.0. The van der Waals surface area contributed by atoms with Crippen molar-refractivity contribution in [2.24, 2.45) is 0 Å². The summed E-state index contributed by atoms with van der Waals surface area (Å²) in [6, 6.07) is 6.71. The Morgan fingerprint density at radius 3 is 3.00 bits per heavy atom. The number of hydrogen-bond acceptors (Lipinski definition) is 3. The highest BCUT2D eigenvalue weighted by atomic mass is 16.5. The van der Waals surface area contributed by atoms with Gasteiger partial charge in [-0.1, -0.05) is 12.1 Å². The maximum absolute atomic E-state index is 9.00. The van der Waals surface area contributed by atoms with Crippen LogP contribution in [0.15, 0.2) is 18.2 Å². The van der Waals surface area contributed by atoms with E-state index in [4.69, 9.17) is 9.84 Å². The number of aliphatic hydroxyl groups excluding tert-OH is 1. The van der Waals surface area contributed by atoms with Crippen LogP contribution in [-0.2, 0) is 6.42 Å². The summed E-state index contributed by atoms with van der Waals surface area (Å²) in [4.78, 5) is 0. The highest BCUT2D eigenvalue weighted by Gasteiger charge is 2.15. The van der Waals surface area contributed by atoms with E-state index in [-0.39, 0.29) is 18.7 Å². The lowest BCUT2D eigenvalue weighted by molar-refractivity contribution is 0.243. The molecular weight excluding hydrogens is 202 g/mol. The van der Waals surface area contributed by atoms with Crippen LogP contribution in [-0.4, -0.2) is 24.4 Å². The van der Waals surface area contributed by atoms with Gasteiger partial charge in [0, 0.05) is 18.5 Å². The van der Waals surface area contributed by atoms with Crippen molar-refractivity contribution >= 4 is 0 Å². The molecule has 2 rings (SSSR count). The molecule has 16 heavy (non-hydrogen) atoms. The van der Waals surface area contributed by atoms with E-state index in [0.29, 0.717) is 0 Å². The second kappa shape index (κ2) is 4.85. The Labute approximate surface area is 96.4 Å². The molecule has 1 unspecified atom stereocenters. The summed E-state index contributed by atoms with van der Waals surface area (Å²) in [5.41, 5.74) is 2.55. The molecule has 0 amide bonds. The van der Waals surface area contributed by atoms with Gasteiger partial charge in [-0.15, -0.1) is 0 Å². The molecule has 0 bridgehead atoms. The molecule has 88 valence electrons. The van der Waals surface area contributed by atoms with Crippen molar-refractivity contribution in [1.82, 2.24) is 5.32 Å². The number of hydrogen-bond donors (Lipinski definition) is 2. The van der Waals surface area contributed by atoms with Crippen LogP contribution in [0.5, 0.6) is 5.75 Å². The number of fused-ring (bicyclic) bond motifs is 1. The molecule has 3 nitrogen and oxygen atoms in total. The van der Waals surface area contributed by atoms with Gasteiger partial charge >= 0.3 is 0 Å². The monoisotopic (exact) mass is 221 g/mol. The van der Waals surface area contributed by atoms with Crippen molar-refractivity contribution in [1.29, 1.82) is 0 Å². The van der Waals surface area contributed by atoms with Crippen molar-refractivity contribution in [3.05, 3.63) is 29.3 Å². The Morgan fingerprint density at radius 1 is 1.44 bits per heavy atom. The Bertz CT molecular complexity index is 365. The lowest BCUT2D eigenvalue weighted by Gasteiger charge is -2.19. The minimum absolute atomic E-state index is 0.125.